The van der Waals surface area contributed by atoms with Crippen molar-refractivity contribution in [3.8, 4) is 28.8 Å². The van der Waals surface area contributed by atoms with Gasteiger partial charge in [0.15, 0.2) is 11.6 Å². The number of hydrogen-bond donors (Lipinski definition) is 1. The topological polar surface area (TPSA) is 117 Å². The molecule has 0 saturated heterocycles. The van der Waals surface area contributed by atoms with Crippen molar-refractivity contribution in [1.82, 2.24) is 30.2 Å². The van der Waals surface area contributed by atoms with Crippen LogP contribution in [0, 0.1) is 6.92 Å². The van der Waals surface area contributed by atoms with Gasteiger partial charge in [0.25, 0.3) is 11.8 Å². The lowest BCUT2D eigenvalue weighted by atomic mass is 10.1. The number of ether oxygens (including phenoxy) is 2. The highest BCUT2D eigenvalue weighted by molar-refractivity contribution is 5.95. The number of amides is 1. The predicted octanol–water partition coefficient (Wildman–Crippen LogP) is 3.70. The first-order valence-corrected chi connectivity index (χ1v) is 10.8. The third kappa shape index (κ3) is 4.61. The van der Waals surface area contributed by atoms with Crippen LogP contribution in [0.15, 0.2) is 47.2 Å². The number of rotatable bonds is 8. The summed E-state index contributed by atoms with van der Waals surface area (Å²) in [6, 6.07) is 9.07. The van der Waals surface area contributed by atoms with E-state index in [1.54, 1.807) is 37.2 Å². The summed E-state index contributed by atoms with van der Waals surface area (Å²) in [5.74, 6) is 2.87. The summed E-state index contributed by atoms with van der Waals surface area (Å²) in [7, 11) is 3.17. The summed E-state index contributed by atoms with van der Waals surface area (Å²) in [6.45, 7) is 6.11. The van der Waals surface area contributed by atoms with Gasteiger partial charge in [-0.1, -0.05) is 19.0 Å². The van der Waals surface area contributed by atoms with E-state index in [9.17, 15) is 4.79 Å². The van der Waals surface area contributed by atoms with Crippen molar-refractivity contribution in [3.05, 3.63) is 65.4 Å². The quantitative estimate of drug-likeness (QED) is 0.421. The van der Waals surface area contributed by atoms with Crippen molar-refractivity contribution in [3.63, 3.8) is 0 Å². The molecule has 0 unspecified atom stereocenters. The van der Waals surface area contributed by atoms with Gasteiger partial charge in [-0.05, 0) is 31.2 Å². The molecule has 0 bridgehead atoms. The van der Waals surface area contributed by atoms with Crippen LogP contribution < -0.4 is 14.8 Å². The van der Waals surface area contributed by atoms with Crippen LogP contribution in [-0.2, 0) is 6.54 Å². The molecule has 1 amide bonds. The molecule has 4 aromatic rings. The fourth-order valence-electron chi connectivity index (χ4n) is 3.36. The van der Waals surface area contributed by atoms with Crippen LogP contribution in [0.5, 0.6) is 11.5 Å². The lowest BCUT2D eigenvalue weighted by Gasteiger charge is -2.11. The summed E-state index contributed by atoms with van der Waals surface area (Å²) in [5.41, 5.74) is 2.66. The summed E-state index contributed by atoms with van der Waals surface area (Å²) >= 11 is 0. The minimum Gasteiger partial charge on any atom is -0.497 e. The van der Waals surface area contributed by atoms with E-state index in [1.165, 1.54) is 6.20 Å². The van der Waals surface area contributed by atoms with E-state index in [4.69, 9.17) is 14.0 Å². The van der Waals surface area contributed by atoms with Gasteiger partial charge in [-0.25, -0.2) is 9.67 Å². The number of hydrogen-bond acceptors (Lipinski definition) is 8. The Bertz CT molecular complexity index is 1290. The second-order valence-electron chi connectivity index (χ2n) is 7.93. The van der Waals surface area contributed by atoms with E-state index in [0.29, 0.717) is 52.4 Å². The number of nitrogens with one attached hydrogen (secondary N) is 1. The molecule has 0 spiro atoms. The van der Waals surface area contributed by atoms with E-state index < -0.39 is 0 Å². The van der Waals surface area contributed by atoms with Crippen LogP contribution in [0.25, 0.3) is 17.3 Å². The summed E-state index contributed by atoms with van der Waals surface area (Å²) in [5, 5.41) is 11.2. The molecular weight excluding hydrogens is 436 g/mol. The van der Waals surface area contributed by atoms with Gasteiger partial charge in [0.1, 0.15) is 11.5 Å². The highest BCUT2D eigenvalue weighted by Gasteiger charge is 2.17. The van der Waals surface area contributed by atoms with Crippen molar-refractivity contribution in [2.24, 2.45) is 0 Å². The Balaban J connectivity index is 1.47. The first-order valence-electron chi connectivity index (χ1n) is 10.8. The Hall–Kier alpha value is -4.21. The molecule has 0 aliphatic carbocycles. The molecule has 3 heterocycles. The number of methoxy groups -OCH3 is 2. The van der Waals surface area contributed by atoms with E-state index in [-0.39, 0.29) is 11.8 Å². The third-order valence-electron chi connectivity index (χ3n) is 5.36. The maximum Gasteiger partial charge on any atom is 0.259 e. The fourth-order valence-corrected chi connectivity index (χ4v) is 3.36. The number of nitrogens with zero attached hydrogens (tertiary/aromatic N) is 5. The molecule has 10 nitrogen and oxygen atoms in total. The van der Waals surface area contributed by atoms with Gasteiger partial charge < -0.3 is 19.3 Å². The number of carbonyl (C=O) groups is 1. The fraction of sp³-hybridized carbons (Fsp3) is 0.292. The van der Waals surface area contributed by atoms with Crippen molar-refractivity contribution < 1.29 is 18.8 Å². The first-order chi connectivity index (χ1) is 16.4. The summed E-state index contributed by atoms with van der Waals surface area (Å²) in [6.07, 6.45) is 3.17. The molecule has 0 saturated carbocycles. The SMILES string of the molecule is COc1ccc(CNC(=O)c2cnn(-c3ccc(-c4nc(C(C)C)no4)cn3)c2C)c(OC)c1. The number of pyridine rings is 1. The number of aromatic nitrogens is 5. The lowest BCUT2D eigenvalue weighted by molar-refractivity contribution is 0.0950. The maximum atomic E-state index is 12.8. The molecule has 0 aliphatic rings. The smallest absolute Gasteiger partial charge is 0.259 e. The van der Waals surface area contributed by atoms with Crippen LogP contribution in [0.3, 0.4) is 0 Å². The Labute approximate surface area is 196 Å². The zero-order valence-electron chi connectivity index (χ0n) is 19.7. The van der Waals surface area contributed by atoms with Gasteiger partial charge in [-0.15, -0.1) is 0 Å². The maximum absolute atomic E-state index is 12.8. The molecule has 1 aromatic carbocycles. The zero-order valence-corrected chi connectivity index (χ0v) is 19.7. The van der Waals surface area contributed by atoms with E-state index in [0.717, 1.165) is 5.56 Å². The second-order valence-corrected chi connectivity index (χ2v) is 7.93. The average Bonchev–Trinajstić information content (AvgIpc) is 3.50. The Morgan fingerprint density at radius 1 is 1.15 bits per heavy atom. The first kappa shape index (κ1) is 23.0. The molecule has 0 aliphatic heterocycles. The minimum absolute atomic E-state index is 0.173. The molecule has 176 valence electrons. The highest BCUT2D eigenvalue weighted by Crippen LogP contribution is 2.25. The van der Waals surface area contributed by atoms with Gasteiger partial charge in [0.2, 0.25) is 0 Å². The van der Waals surface area contributed by atoms with Crippen LogP contribution in [0.2, 0.25) is 0 Å². The average molecular weight is 463 g/mol. The predicted molar refractivity (Wildman–Crippen MR) is 124 cm³/mol. The molecule has 0 atom stereocenters. The molecule has 10 heteroatoms. The molecule has 0 radical (unpaired) electrons. The molecule has 3 aromatic heterocycles. The normalized spacial score (nSPS) is 11.0. The van der Waals surface area contributed by atoms with Gasteiger partial charge in [0.05, 0.1) is 37.2 Å². The minimum atomic E-state index is -0.245. The third-order valence-corrected chi connectivity index (χ3v) is 5.36. The summed E-state index contributed by atoms with van der Waals surface area (Å²) in [4.78, 5) is 21.7. The highest BCUT2D eigenvalue weighted by atomic mass is 16.5. The Morgan fingerprint density at radius 3 is 2.62 bits per heavy atom. The largest absolute Gasteiger partial charge is 0.497 e. The van der Waals surface area contributed by atoms with Crippen LogP contribution >= 0.6 is 0 Å². The Kier molecular flexibility index (Phi) is 6.58. The monoisotopic (exact) mass is 462 g/mol. The summed E-state index contributed by atoms with van der Waals surface area (Å²) < 4.78 is 17.5. The van der Waals surface area contributed by atoms with E-state index in [1.807, 2.05) is 39.0 Å². The number of benzene rings is 1. The van der Waals surface area contributed by atoms with Crippen molar-refractivity contribution in [1.29, 1.82) is 0 Å². The van der Waals surface area contributed by atoms with Crippen LogP contribution in [0.4, 0.5) is 0 Å². The standard InChI is InChI=1S/C24H26N6O4/c1-14(2)22-28-24(34-29-22)17-7-9-21(25-12-17)30-15(3)19(13-27-30)23(31)26-11-16-6-8-18(32-4)10-20(16)33-5/h6-10,12-14H,11H2,1-5H3,(H,26,31). The van der Waals surface area contributed by atoms with Crippen molar-refractivity contribution in [2.45, 2.75) is 33.2 Å². The molecular formula is C24H26N6O4. The van der Waals surface area contributed by atoms with Gasteiger partial charge in [0, 0.05) is 30.3 Å². The zero-order chi connectivity index (χ0) is 24.2. The molecule has 0 fully saturated rings. The van der Waals surface area contributed by atoms with Gasteiger partial charge in [-0.2, -0.15) is 10.1 Å². The van der Waals surface area contributed by atoms with Gasteiger partial charge >= 0.3 is 0 Å². The van der Waals surface area contributed by atoms with Crippen LogP contribution in [0.1, 0.15) is 47.2 Å². The molecule has 1 N–H and O–H groups in total. The van der Waals surface area contributed by atoms with Crippen molar-refractivity contribution in [2.75, 3.05) is 14.2 Å². The number of carbonyl (C=O) groups excluding carboxylic acids is 1. The van der Waals surface area contributed by atoms with Gasteiger partial charge in [-0.3, -0.25) is 4.79 Å². The van der Waals surface area contributed by atoms with Crippen molar-refractivity contribution >= 4 is 5.91 Å². The van der Waals surface area contributed by atoms with E-state index in [2.05, 4.69) is 25.5 Å². The van der Waals surface area contributed by atoms with E-state index >= 15 is 0 Å². The molecule has 4 rings (SSSR count). The molecule has 34 heavy (non-hydrogen) atoms. The lowest BCUT2D eigenvalue weighted by Crippen LogP contribution is -2.23. The van der Waals surface area contributed by atoms with Crippen LogP contribution in [-0.4, -0.2) is 45.0 Å². The second kappa shape index (κ2) is 9.74. The Morgan fingerprint density at radius 2 is 1.97 bits per heavy atom.